The standard InChI is InChI=1S/C20H23ClN2O2/c21-17-3-1-2-16(13-17)20(8-10-25-11-9-20)14-23-19(24)12-15-4-6-18(22)7-5-15/h1-7,13H,8-12,14,22H2,(H,23,24). The third-order valence-corrected chi connectivity index (χ3v) is 5.09. The van der Waals surface area contributed by atoms with E-state index in [2.05, 4.69) is 11.4 Å². The number of hydrogen-bond donors (Lipinski definition) is 2. The molecular weight excluding hydrogens is 336 g/mol. The van der Waals surface area contributed by atoms with Crippen LogP contribution in [0.3, 0.4) is 0 Å². The maximum atomic E-state index is 12.4. The molecule has 1 amide bonds. The SMILES string of the molecule is Nc1ccc(CC(=O)NCC2(c3cccc(Cl)c3)CCOCC2)cc1. The summed E-state index contributed by atoms with van der Waals surface area (Å²) >= 11 is 6.18. The van der Waals surface area contributed by atoms with E-state index in [0.29, 0.717) is 31.9 Å². The Labute approximate surface area is 153 Å². The van der Waals surface area contributed by atoms with Gasteiger partial charge >= 0.3 is 0 Å². The van der Waals surface area contributed by atoms with E-state index in [0.717, 1.165) is 29.0 Å². The second-order valence-electron chi connectivity index (χ2n) is 6.60. The largest absolute Gasteiger partial charge is 0.399 e. The van der Waals surface area contributed by atoms with Gasteiger partial charge < -0.3 is 15.8 Å². The highest BCUT2D eigenvalue weighted by Gasteiger charge is 2.35. The molecule has 5 heteroatoms. The molecule has 1 saturated heterocycles. The van der Waals surface area contributed by atoms with Gasteiger partial charge in [-0.25, -0.2) is 0 Å². The number of carbonyl (C=O) groups is 1. The number of hydrogen-bond acceptors (Lipinski definition) is 3. The highest BCUT2D eigenvalue weighted by molar-refractivity contribution is 6.30. The lowest BCUT2D eigenvalue weighted by Gasteiger charge is -2.38. The van der Waals surface area contributed by atoms with Crippen LogP contribution in [0.25, 0.3) is 0 Å². The van der Waals surface area contributed by atoms with E-state index in [4.69, 9.17) is 22.1 Å². The fourth-order valence-electron chi connectivity index (χ4n) is 3.30. The molecule has 3 N–H and O–H groups in total. The Hall–Kier alpha value is -2.04. The normalized spacial score (nSPS) is 16.4. The van der Waals surface area contributed by atoms with Crippen LogP contribution in [-0.2, 0) is 21.4 Å². The van der Waals surface area contributed by atoms with Crippen LogP contribution in [0.1, 0.15) is 24.0 Å². The summed E-state index contributed by atoms with van der Waals surface area (Å²) in [6.45, 7) is 1.98. The summed E-state index contributed by atoms with van der Waals surface area (Å²) in [6, 6.07) is 15.3. The lowest BCUT2D eigenvalue weighted by atomic mass is 9.74. The number of anilines is 1. The molecule has 0 atom stereocenters. The van der Waals surface area contributed by atoms with Gasteiger partial charge in [-0.2, -0.15) is 0 Å². The van der Waals surface area contributed by atoms with E-state index in [1.807, 2.05) is 42.5 Å². The van der Waals surface area contributed by atoms with Gasteiger partial charge in [-0.15, -0.1) is 0 Å². The van der Waals surface area contributed by atoms with Crippen molar-refractivity contribution < 1.29 is 9.53 Å². The van der Waals surface area contributed by atoms with Gasteiger partial charge in [0.15, 0.2) is 0 Å². The van der Waals surface area contributed by atoms with Gasteiger partial charge in [0.05, 0.1) is 6.42 Å². The first-order valence-corrected chi connectivity index (χ1v) is 8.90. The molecule has 0 radical (unpaired) electrons. The number of nitrogen functional groups attached to an aromatic ring is 1. The molecular formula is C20H23ClN2O2. The molecule has 3 rings (SSSR count). The van der Waals surface area contributed by atoms with E-state index in [-0.39, 0.29) is 11.3 Å². The Balaban J connectivity index is 1.68. The summed E-state index contributed by atoms with van der Waals surface area (Å²) in [5, 5.41) is 3.82. The Morgan fingerprint density at radius 3 is 2.56 bits per heavy atom. The maximum absolute atomic E-state index is 12.4. The van der Waals surface area contributed by atoms with E-state index >= 15 is 0 Å². The Bertz CT molecular complexity index is 725. The first-order valence-electron chi connectivity index (χ1n) is 8.52. The summed E-state index contributed by atoms with van der Waals surface area (Å²) < 4.78 is 5.53. The number of ether oxygens (including phenoxy) is 1. The molecule has 1 aliphatic rings. The van der Waals surface area contributed by atoms with Gasteiger partial charge in [-0.3, -0.25) is 4.79 Å². The van der Waals surface area contributed by atoms with Gasteiger partial charge in [0.1, 0.15) is 0 Å². The quantitative estimate of drug-likeness (QED) is 0.806. The first kappa shape index (κ1) is 17.8. The summed E-state index contributed by atoms with van der Waals surface area (Å²) in [5.74, 6) is 0.0117. The molecule has 2 aromatic rings. The molecule has 0 unspecified atom stereocenters. The van der Waals surface area contributed by atoms with Gasteiger partial charge in [0, 0.05) is 35.9 Å². The summed E-state index contributed by atoms with van der Waals surface area (Å²) in [4.78, 5) is 12.4. The number of benzene rings is 2. The number of carbonyl (C=O) groups excluding carboxylic acids is 1. The molecule has 0 saturated carbocycles. The van der Waals surface area contributed by atoms with Crippen LogP contribution in [0.15, 0.2) is 48.5 Å². The van der Waals surface area contributed by atoms with E-state index in [1.165, 1.54) is 0 Å². The molecule has 0 bridgehead atoms. The third-order valence-electron chi connectivity index (χ3n) is 4.86. The molecule has 1 heterocycles. The Morgan fingerprint density at radius 1 is 1.16 bits per heavy atom. The minimum absolute atomic E-state index is 0.0117. The van der Waals surface area contributed by atoms with Gasteiger partial charge in [0.2, 0.25) is 5.91 Å². The molecule has 25 heavy (non-hydrogen) atoms. The van der Waals surface area contributed by atoms with Crippen LogP contribution in [-0.4, -0.2) is 25.7 Å². The molecule has 0 spiro atoms. The van der Waals surface area contributed by atoms with Crippen LogP contribution in [0.2, 0.25) is 5.02 Å². The minimum Gasteiger partial charge on any atom is -0.399 e. The molecule has 0 aliphatic carbocycles. The summed E-state index contributed by atoms with van der Waals surface area (Å²) in [7, 11) is 0. The van der Waals surface area contributed by atoms with Crippen molar-refractivity contribution in [2.45, 2.75) is 24.7 Å². The molecule has 132 valence electrons. The average molecular weight is 359 g/mol. The zero-order valence-electron chi connectivity index (χ0n) is 14.1. The monoisotopic (exact) mass is 358 g/mol. The average Bonchev–Trinajstić information content (AvgIpc) is 2.63. The number of halogens is 1. The van der Waals surface area contributed by atoms with Gasteiger partial charge in [0.25, 0.3) is 0 Å². The maximum Gasteiger partial charge on any atom is 0.224 e. The van der Waals surface area contributed by atoms with Crippen molar-refractivity contribution >= 4 is 23.2 Å². The van der Waals surface area contributed by atoms with Crippen molar-refractivity contribution in [1.29, 1.82) is 0 Å². The lowest BCUT2D eigenvalue weighted by Crippen LogP contribution is -2.45. The molecule has 1 aliphatic heterocycles. The predicted molar refractivity (Wildman–Crippen MR) is 101 cm³/mol. The highest BCUT2D eigenvalue weighted by atomic mass is 35.5. The van der Waals surface area contributed by atoms with Gasteiger partial charge in [-0.05, 0) is 48.2 Å². The topological polar surface area (TPSA) is 64.4 Å². The number of nitrogens with one attached hydrogen (secondary N) is 1. The second-order valence-corrected chi connectivity index (χ2v) is 7.03. The van der Waals surface area contributed by atoms with Crippen LogP contribution in [0, 0.1) is 0 Å². The fourth-order valence-corrected chi connectivity index (χ4v) is 3.49. The first-order chi connectivity index (χ1) is 12.1. The van der Waals surface area contributed by atoms with E-state index in [1.54, 1.807) is 0 Å². The lowest BCUT2D eigenvalue weighted by molar-refractivity contribution is -0.120. The van der Waals surface area contributed by atoms with Crippen molar-refractivity contribution in [3.05, 3.63) is 64.7 Å². The second kappa shape index (κ2) is 7.89. The predicted octanol–water partition coefficient (Wildman–Crippen LogP) is 3.33. The number of amides is 1. The smallest absolute Gasteiger partial charge is 0.224 e. The molecule has 2 aromatic carbocycles. The van der Waals surface area contributed by atoms with E-state index in [9.17, 15) is 4.79 Å². The van der Waals surface area contributed by atoms with Crippen LogP contribution in [0.5, 0.6) is 0 Å². The zero-order valence-corrected chi connectivity index (χ0v) is 14.9. The molecule has 4 nitrogen and oxygen atoms in total. The van der Waals surface area contributed by atoms with Crippen LogP contribution >= 0.6 is 11.6 Å². The number of rotatable bonds is 5. The molecule has 0 aromatic heterocycles. The van der Waals surface area contributed by atoms with Crippen molar-refractivity contribution in [3.8, 4) is 0 Å². The van der Waals surface area contributed by atoms with Crippen molar-refractivity contribution in [2.75, 3.05) is 25.5 Å². The zero-order chi connectivity index (χ0) is 17.7. The van der Waals surface area contributed by atoms with Crippen LogP contribution < -0.4 is 11.1 Å². The Morgan fingerprint density at radius 2 is 1.88 bits per heavy atom. The third kappa shape index (κ3) is 4.53. The van der Waals surface area contributed by atoms with Crippen LogP contribution in [0.4, 0.5) is 5.69 Å². The highest BCUT2D eigenvalue weighted by Crippen LogP contribution is 2.35. The molecule has 1 fully saturated rings. The Kier molecular flexibility index (Phi) is 5.61. The summed E-state index contributed by atoms with van der Waals surface area (Å²) in [5.41, 5.74) is 8.38. The summed E-state index contributed by atoms with van der Waals surface area (Å²) in [6.07, 6.45) is 2.09. The van der Waals surface area contributed by atoms with Crippen molar-refractivity contribution in [1.82, 2.24) is 5.32 Å². The minimum atomic E-state index is -0.125. The van der Waals surface area contributed by atoms with Gasteiger partial charge in [-0.1, -0.05) is 35.9 Å². The van der Waals surface area contributed by atoms with Crippen molar-refractivity contribution in [3.63, 3.8) is 0 Å². The van der Waals surface area contributed by atoms with Crippen molar-refractivity contribution in [2.24, 2.45) is 0 Å². The number of nitrogens with two attached hydrogens (primary N) is 1. The fraction of sp³-hybridized carbons (Fsp3) is 0.350. The van der Waals surface area contributed by atoms with E-state index < -0.39 is 0 Å².